The molecule has 0 rings (SSSR count). The Morgan fingerprint density at radius 3 is 1.54 bits per heavy atom. The van der Waals surface area contributed by atoms with E-state index in [9.17, 15) is 9.59 Å². The first-order chi connectivity index (χ1) is 23.6. The van der Waals surface area contributed by atoms with E-state index in [0.717, 1.165) is 70.6 Å². The molecule has 5 heteroatoms. The average molecular weight is 675 g/mol. The standard InChI is InChI=1S/C43H78O5/c1-4-7-10-13-16-19-21-22-24-25-27-30-33-36-42(44)47-40-41(39-46-38-35-32-29-18-15-12-9-6-3)48-43(45)37-34-31-28-26-23-20-17-14-11-8-5-2/h10,13-14,17,19,21,41H,4-9,11-12,15-16,18,20,22-40H2,1-3H3/b13-10-,17-14-,21-19-. The Bertz CT molecular complexity index is 771. The molecule has 0 saturated heterocycles. The molecule has 0 saturated carbocycles. The van der Waals surface area contributed by atoms with Crippen molar-refractivity contribution in [1.82, 2.24) is 0 Å². The molecule has 0 aliphatic carbocycles. The van der Waals surface area contributed by atoms with Crippen LogP contribution in [0.4, 0.5) is 0 Å². The molecule has 0 amide bonds. The van der Waals surface area contributed by atoms with E-state index in [2.05, 4.69) is 57.2 Å². The van der Waals surface area contributed by atoms with E-state index in [1.54, 1.807) is 0 Å². The molecule has 0 spiro atoms. The zero-order valence-corrected chi connectivity index (χ0v) is 32.0. The molecule has 0 aliphatic heterocycles. The summed E-state index contributed by atoms with van der Waals surface area (Å²) in [7, 11) is 0. The summed E-state index contributed by atoms with van der Waals surface area (Å²) in [6.45, 7) is 7.68. The second-order valence-corrected chi connectivity index (χ2v) is 13.5. The minimum absolute atomic E-state index is 0.0771. The van der Waals surface area contributed by atoms with Gasteiger partial charge in [0.2, 0.25) is 0 Å². The summed E-state index contributed by atoms with van der Waals surface area (Å²) in [6, 6.07) is 0. The Balaban J connectivity index is 4.24. The Labute approximate surface area is 298 Å². The Hall–Kier alpha value is -1.88. The van der Waals surface area contributed by atoms with Gasteiger partial charge in [-0.2, -0.15) is 0 Å². The minimum Gasteiger partial charge on any atom is -0.462 e. The van der Waals surface area contributed by atoms with Gasteiger partial charge in [0.15, 0.2) is 6.10 Å². The van der Waals surface area contributed by atoms with Crippen LogP contribution in [-0.4, -0.2) is 37.9 Å². The number of hydrogen-bond donors (Lipinski definition) is 0. The van der Waals surface area contributed by atoms with Crippen LogP contribution in [0, 0.1) is 0 Å². The lowest BCUT2D eigenvalue weighted by Crippen LogP contribution is -2.30. The maximum absolute atomic E-state index is 12.6. The van der Waals surface area contributed by atoms with Crippen LogP contribution in [0.2, 0.25) is 0 Å². The van der Waals surface area contributed by atoms with E-state index in [1.807, 2.05) is 0 Å². The van der Waals surface area contributed by atoms with Gasteiger partial charge in [-0.25, -0.2) is 0 Å². The van der Waals surface area contributed by atoms with Gasteiger partial charge >= 0.3 is 11.9 Å². The number of unbranched alkanes of at least 4 members (excludes halogenated alkanes) is 20. The molecule has 0 aliphatic rings. The van der Waals surface area contributed by atoms with Crippen LogP contribution in [0.25, 0.3) is 0 Å². The first-order valence-electron chi connectivity index (χ1n) is 20.5. The molecular weight excluding hydrogens is 596 g/mol. The first-order valence-corrected chi connectivity index (χ1v) is 20.5. The molecule has 0 fully saturated rings. The van der Waals surface area contributed by atoms with E-state index >= 15 is 0 Å². The molecule has 0 N–H and O–H groups in total. The molecule has 1 unspecified atom stereocenters. The molecule has 0 heterocycles. The van der Waals surface area contributed by atoms with E-state index in [-0.39, 0.29) is 25.2 Å². The number of allylic oxidation sites excluding steroid dienone is 6. The van der Waals surface area contributed by atoms with Crippen LogP contribution in [0.5, 0.6) is 0 Å². The lowest BCUT2D eigenvalue weighted by molar-refractivity contribution is -0.163. The van der Waals surface area contributed by atoms with Crippen molar-refractivity contribution in [1.29, 1.82) is 0 Å². The third kappa shape index (κ3) is 36.9. The predicted octanol–water partition coefficient (Wildman–Crippen LogP) is 13.1. The number of rotatable bonds is 37. The molecule has 0 aromatic heterocycles. The van der Waals surface area contributed by atoms with Crippen LogP contribution >= 0.6 is 0 Å². The van der Waals surface area contributed by atoms with Crippen molar-refractivity contribution in [2.45, 2.75) is 207 Å². The number of hydrogen-bond acceptors (Lipinski definition) is 5. The highest BCUT2D eigenvalue weighted by atomic mass is 16.6. The maximum atomic E-state index is 12.6. The third-order valence-electron chi connectivity index (χ3n) is 8.63. The van der Waals surface area contributed by atoms with E-state index in [4.69, 9.17) is 14.2 Å². The average Bonchev–Trinajstić information content (AvgIpc) is 3.08. The topological polar surface area (TPSA) is 61.8 Å². The number of carbonyl (C=O) groups is 2. The third-order valence-corrected chi connectivity index (χ3v) is 8.63. The summed E-state index contributed by atoms with van der Waals surface area (Å²) >= 11 is 0. The summed E-state index contributed by atoms with van der Waals surface area (Å²) in [6.07, 6.45) is 44.2. The van der Waals surface area contributed by atoms with Gasteiger partial charge in [-0.3, -0.25) is 9.59 Å². The highest BCUT2D eigenvalue weighted by Gasteiger charge is 2.17. The number of ether oxygens (including phenoxy) is 3. The predicted molar refractivity (Wildman–Crippen MR) is 205 cm³/mol. The number of esters is 2. The molecule has 1 atom stereocenters. The SMILES string of the molecule is CCC/C=C\C/C=C\CCCCCCCC(=O)OCC(COCCCCCCCCCC)OC(=O)CCCCCCC/C=C\CCCC. The van der Waals surface area contributed by atoms with Gasteiger partial charge < -0.3 is 14.2 Å². The highest BCUT2D eigenvalue weighted by molar-refractivity contribution is 5.70. The van der Waals surface area contributed by atoms with Crippen LogP contribution in [0.3, 0.4) is 0 Å². The lowest BCUT2D eigenvalue weighted by Gasteiger charge is -2.18. The normalized spacial score (nSPS) is 12.5. The molecular formula is C43H78O5. The highest BCUT2D eigenvalue weighted by Crippen LogP contribution is 2.12. The molecule has 280 valence electrons. The second-order valence-electron chi connectivity index (χ2n) is 13.5. The Morgan fingerprint density at radius 2 is 0.938 bits per heavy atom. The fourth-order valence-corrected chi connectivity index (χ4v) is 5.53. The lowest BCUT2D eigenvalue weighted by atomic mass is 10.1. The van der Waals surface area contributed by atoms with Gasteiger partial charge in [-0.15, -0.1) is 0 Å². The van der Waals surface area contributed by atoms with Crippen LogP contribution in [0.15, 0.2) is 36.5 Å². The van der Waals surface area contributed by atoms with Gasteiger partial charge in [0.1, 0.15) is 6.61 Å². The zero-order valence-electron chi connectivity index (χ0n) is 32.0. The van der Waals surface area contributed by atoms with Crippen molar-refractivity contribution in [2.24, 2.45) is 0 Å². The largest absolute Gasteiger partial charge is 0.462 e. The van der Waals surface area contributed by atoms with Crippen molar-refractivity contribution in [3.63, 3.8) is 0 Å². The van der Waals surface area contributed by atoms with Gasteiger partial charge in [0.05, 0.1) is 6.61 Å². The van der Waals surface area contributed by atoms with Gasteiger partial charge in [0, 0.05) is 19.4 Å². The molecule has 0 bridgehead atoms. The summed E-state index contributed by atoms with van der Waals surface area (Å²) in [5, 5.41) is 0. The van der Waals surface area contributed by atoms with Crippen molar-refractivity contribution in [3.8, 4) is 0 Å². The molecule has 48 heavy (non-hydrogen) atoms. The quantitative estimate of drug-likeness (QED) is 0.0373. The summed E-state index contributed by atoms with van der Waals surface area (Å²) < 4.78 is 17.2. The monoisotopic (exact) mass is 675 g/mol. The number of carbonyl (C=O) groups excluding carboxylic acids is 2. The summed E-state index contributed by atoms with van der Waals surface area (Å²) in [4.78, 5) is 25.1. The maximum Gasteiger partial charge on any atom is 0.306 e. The summed E-state index contributed by atoms with van der Waals surface area (Å²) in [5.41, 5.74) is 0. The van der Waals surface area contributed by atoms with E-state index in [1.165, 1.54) is 96.3 Å². The van der Waals surface area contributed by atoms with E-state index < -0.39 is 6.10 Å². The Kier molecular flexibility index (Phi) is 38.0. The molecule has 0 radical (unpaired) electrons. The minimum atomic E-state index is -0.537. The zero-order chi connectivity index (χ0) is 35.0. The molecule has 0 aromatic carbocycles. The fraction of sp³-hybridized carbons (Fsp3) is 0.814. The van der Waals surface area contributed by atoms with Crippen molar-refractivity contribution in [2.75, 3.05) is 19.8 Å². The summed E-state index contributed by atoms with van der Waals surface area (Å²) in [5.74, 6) is -0.424. The van der Waals surface area contributed by atoms with Gasteiger partial charge in [-0.1, -0.05) is 160 Å². The van der Waals surface area contributed by atoms with E-state index in [0.29, 0.717) is 19.4 Å². The van der Waals surface area contributed by atoms with Crippen molar-refractivity contribution < 1.29 is 23.8 Å². The van der Waals surface area contributed by atoms with Crippen LogP contribution in [0.1, 0.15) is 201 Å². The van der Waals surface area contributed by atoms with Gasteiger partial charge in [0.25, 0.3) is 0 Å². The smallest absolute Gasteiger partial charge is 0.306 e. The van der Waals surface area contributed by atoms with Crippen LogP contribution < -0.4 is 0 Å². The molecule has 0 aromatic rings. The Morgan fingerprint density at radius 1 is 0.458 bits per heavy atom. The molecule has 5 nitrogen and oxygen atoms in total. The second kappa shape index (κ2) is 39.6. The van der Waals surface area contributed by atoms with Crippen molar-refractivity contribution in [3.05, 3.63) is 36.5 Å². The van der Waals surface area contributed by atoms with Gasteiger partial charge in [-0.05, 0) is 64.2 Å². The first kappa shape index (κ1) is 46.1. The fourth-order valence-electron chi connectivity index (χ4n) is 5.53. The van der Waals surface area contributed by atoms with Crippen molar-refractivity contribution >= 4 is 11.9 Å². The van der Waals surface area contributed by atoms with Crippen LogP contribution in [-0.2, 0) is 23.8 Å².